The van der Waals surface area contributed by atoms with Crippen molar-refractivity contribution in [2.75, 3.05) is 7.11 Å². The zero-order valence-corrected chi connectivity index (χ0v) is 12.6. The van der Waals surface area contributed by atoms with Crippen molar-refractivity contribution >= 4 is 33.3 Å². The van der Waals surface area contributed by atoms with Crippen LogP contribution in [0.15, 0.2) is 41.8 Å². The van der Waals surface area contributed by atoms with E-state index in [1.165, 1.54) is 11.3 Å². The van der Waals surface area contributed by atoms with Gasteiger partial charge in [0, 0.05) is 10.9 Å². The van der Waals surface area contributed by atoms with Gasteiger partial charge in [0.25, 0.3) is 0 Å². The Morgan fingerprint density at radius 3 is 2.59 bits per heavy atom. The molecule has 0 radical (unpaired) electrons. The van der Waals surface area contributed by atoms with Crippen LogP contribution in [0.2, 0.25) is 0 Å². The van der Waals surface area contributed by atoms with Gasteiger partial charge in [-0.05, 0) is 41.8 Å². The molecule has 3 aromatic rings. The molecule has 5 nitrogen and oxygen atoms in total. The van der Waals surface area contributed by atoms with Crippen molar-refractivity contribution in [1.82, 2.24) is 4.57 Å². The number of methoxy groups -OCH3 is 1. The summed E-state index contributed by atoms with van der Waals surface area (Å²) in [5.41, 5.74) is 0.652. The summed E-state index contributed by atoms with van der Waals surface area (Å²) in [6, 6.07) is 10.2. The zero-order valence-electron chi connectivity index (χ0n) is 11.8. The van der Waals surface area contributed by atoms with Gasteiger partial charge in [0.1, 0.15) is 16.3 Å². The molecule has 0 aliphatic carbocycles. The fourth-order valence-corrected chi connectivity index (χ4v) is 3.22. The van der Waals surface area contributed by atoms with Crippen LogP contribution in [0.25, 0.3) is 10.2 Å². The lowest BCUT2D eigenvalue weighted by molar-refractivity contribution is 0.0685. The minimum atomic E-state index is -1.04. The maximum atomic E-state index is 12.4. The monoisotopic (exact) mass is 315 g/mol. The molecule has 112 valence electrons. The van der Waals surface area contributed by atoms with Gasteiger partial charge in [-0.15, -0.1) is 11.3 Å². The van der Waals surface area contributed by atoms with Gasteiger partial charge in [0.05, 0.1) is 13.7 Å². The molecule has 0 aliphatic rings. The number of Topliss-reactive ketones (excluding diaryl/α,β-unsaturated/α-hetero) is 1. The first-order valence-corrected chi connectivity index (χ1v) is 7.45. The summed E-state index contributed by atoms with van der Waals surface area (Å²) >= 11 is 1.42. The molecule has 0 unspecified atom stereocenters. The summed E-state index contributed by atoms with van der Waals surface area (Å²) in [6.07, 6.45) is 0. The van der Waals surface area contributed by atoms with E-state index in [-0.39, 0.29) is 18.0 Å². The van der Waals surface area contributed by atoms with Crippen molar-refractivity contribution in [2.45, 2.75) is 6.54 Å². The highest BCUT2D eigenvalue weighted by atomic mass is 32.1. The highest BCUT2D eigenvalue weighted by Crippen LogP contribution is 2.26. The normalized spacial score (nSPS) is 10.8. The first-order chi connectivity index (χ1) is 10.6. The van der Waals surface area contributed by atoms with Crippen molar-refractivity contribution in [1.29, 1.82) is 0 Å². The Morgan fingerprint density at radius 2 is 1.95 bits per heavy atom. The molecule has 0 fully saturated rings. The van der Waals surface area contributed by atoms with Gasteiger partial charge in [-0.25, -0.2) is 4.79 Å². The quantitative estimate of drug-likeness (QED) is 0.734. The van der Waals surface area contributed by atoms with Crippen LogP contribution in [-0.4, -0.2) is 28.5 Å². The van der Waals surface area contributed by atoms with Crippen molar-refractivity contribution < 1.29 is 19.4 Å². The van der Waals surface area contributed by atoms with E-state index in [1.54, 1.807) is 42.0 Å². The number of thiophene rings is 1. The molecule has 0 spiro atoms. The maximum Gasteiger partial charge on any atom is 0.352 e. The molecule has 6 heteroatoms. The van der Waals surface area contributed by atoms with E-state index in [0.717, 1.165) is 10.2 Å². The number of fused-ring (bicyclic) bond motifs is 1. The fraction of sp³-hybridized carbons (Fsp3) is 0.125. The van der Waals surface area contributed by atoms with E-state index in [1.807, 2.05) is 11.4 Å². The molecular weight excluding hydrogens is 302 g/mol. The van der Waals surface area contributed by atoms with Gasteiger partial charge in [-0.3, -0.25) is 4.79 Å². The van der Waals surface area contributed by atoms with Crippen LogP contribution in [0.1, 0.15) is 20.8 Å². The predicted molar refractivity (Wildman–Crippen MR) is 84.1 cm³/mol. The predicted octanol–water partition coefficient (Wildman–Crippen LogP) is 3.29. The maximum absolute atomic E-state index is 12.4. The average Bonchev–Trinajstić information content (AvgIpc) is 3.10. The second-order valence-electron chi connectivity index (χ2n) is 4.75. The Labute approximate surface area is 130 Å². The number of benzene rings is 1. The van der Waals surface area contributed by atoms with Crippen molar-refractivity contribution in [3.8, 4) is 5.75 Å². The Kier molecular flexibility index (Phi) is 3.68. The number of carboxylic acid groups (broad SMARTS) is 1. The molecule has 1 aromatic carbocycles. The van der Waals surface area contributed by atoms with Crippen LogP contribution in [0.5, 0.6) is 5.75 Å². The van der Waals surface area contributed by atoms with E-state index in [0.29, 0.717) is 11.3 Å². The summed E-state index contributed by atoms with van der Waals surface area (Å²) in [7, 11) is 1.56. The molecule has 1 N–H and O–H groups in total. The summed E-state index contributed by atoms with van der Waals surface area (Å²) in [5.74, 6) is -0.508. The number of carboxylic acids is 1. The third-order valence-corrected chi connectivity index (χ3v) is 4.39. The van der Waals surface area contributed by atoms with Crippen LogP contribution in [-0.2, 0) is 6.54 Å². The molecule has 22 heavy (non-hydrogen) atoms. The summed E-state index contributed by atoms with van der Waals surface area (Å²) in [5, 5.41) is 12.0. The van der Waals surface area contributed by atoms with E-state index in [4.69, 9.17) is 4.74 Å². The molecule has 2 heterocycles. The van der Waals surface area contributed by atoms with Crippen molar-refractivity contribution in [3.63, 3.8) is 0 Å². The van der Waals surface area contributed by atoms with E-state index in [9.17, 15) is 14.7 Å². The molecule has 0 atom stereocenters. The summed E-state index contributed by atoms with van der Waals surface area (Å²) in [4.78, 5) is 24.5. The number of rotatable bonds is 5. The molecule has 0 aliphatic heterocycles. The molecular formula is C16H13NO4S. The number of aromatic carboxylic acids is 1. The zero-order chi connectivity index (χ0) is 15.7. The number of ether oxygens (including phenoxy) is 1. The van der Waals surface area contributed by atoms with Crippen LogP contribution >= 0.6 is 11.3 Å². The van der Waals surface area contributed by atoms with Crippen molar-refractivity contribution in [3.05, 3.63) is 53.0 Å². The van der Waals surface area contributed by atoms with Gasteiger partial charge in [-0.1, -0.05) is 0 Å². The third kappa shape index (κ3) is 2.48. The van der Waals surface area contributed by atoms with E-state index >= 15 is 0 Å². The van der Waals surface area contributed by atoms with E-state index < -0.39 is 5.97 Å². The van der Waals surface area contributed by atoms with Crippen LogP contribution in [0.3, 0.4) is 0 Å². The standard InChI is InChI=1S/C16H13NO4S/c1-21-12-4-2-10(3-5-12)14(18)9-17-13(16(19)20)8-11-6-7-22-15(11)17/h2-8H,9H2,1H3,(H,19,20). The number of carbonyl (C=O) groups excluding carboxylic acids is 1. The lowest BCUT2D eigenvalue weighted by atomic mass is 10.1. The topological polar surface area (TPSA) is 68.5 Å². The van der Waals surface area contributed by atoms with Gasteiger partial charge in [-0.2, -0.15) is 0 Å². The molecule has 0 saturated heterocycles. The third-order valence-electron chi connectivity index (χ3n) is 3.44. The number of hydrogen-bond acceptors (Lipinski definition) is 4. The van der Waals surface area contributed by atoms with Crippen LogP contribution in [0, 0.1) is 0 Å². The van der Waals surface area contributed by atoms with Crippen LogP contribution in [0.4, 0.5) is 0 Å². The number of nitrogens with zero attached hydrogens (tertiary/aromatic N) is 1. The smallest absolute Gasteiger partial charge is 0.352 e. The Bertz CT molecular complexity index is 845. The Balaban J connectivity index is 1.94. The average molecular weight is 315 g/mol. The van der Waals surface area contributed by atoms with Crippen LogP contribution < -0.4 is 4.74 Å². The fourth-order valence-electron chi connectivity index (χ4n) is 2.32. The second-order valence-corrected chi connectivity index (χ2v) is 5.65. The molecule has 3 rings (SSSR count). The molecule has 0 amide bonds. The highest BCUT2D eigenvalue weighted by molar-refractivity contribution is 7.16. The summed E-state index contributed by atoms with van der Waals surface area (Å²) < 4.78 is 6.61. The Morgan fingerprint density at radius 1 is 1.23 bits per heavy atom. The SMILES string of the molecule is COc1ccc(C(=O)Cn2c(C(=O)O)cc3ccsc32)cc1. The van der Waals surface area contributed by atoms with Gasteiger partial charge in [0.15, 0.2) is 5.78 Å². The minimum absolute atomic E-state index is 0.00201. The lowest BCUT2D eigenvalue weighted by Gasteiger charge is -2.07. The van der Waals surface area contributed by atoms with Crippen molar-refractivity contribution in [2.24, 2.45) is 0 Å². The number of hydrogen-bond donors (Lipinski definition) is 1. The second kappa shape index (κ2) is 5.65. The highest BCUT2D eigenvalue weighted by Gasteiger charge is 2.18. The number of carbonyl (C=O) groups is 2. The largest absolute Gasteiger partial charge is 0.497 e. The minimum Gasteiger partial charge on any atom is -0.497 e. The van der Waals surface area contributed by atoms with Gasteiger partial charge in [0.2, 0.25) is 0 Å². The molecule has 2 aromatic heterocycles. The lowest BCUT2D eigenvalue weighted by Crippen LogP contribution is -2.15. The Hall–Kier alpha value is -2.60. The summed E-state index contributed by atoms with van der Waals surface area (Å²) in [6.45, 7) is -0.00201. The van der Waals surface area contributed by atoms with Gasteiger partial charge >= 0.3 is 5.97 Å². The number of aromatic nitrogens is 1. The molecule has 0 saturated carbocycles. The molecule has 0 bridgehead atoms. The van der Waals surface area contributed by atoms with E-state index in [2.05, 4.69) is 0 Å². The first-order valence-electron chi connectivity index (χ1n) is 6.57. The van der Waals surface area contributed by atoms with Gasteiger partial charge < -0.3 is 14.4 Å². The first kappa shape index (κ1) is 14.3. The number of ketones is 1.